The van der Waals surface area contributed by atoms with Gasteiger partial charge in [-0.2, -0.15) is 15.4 Å². The smallest absolute Gasteiger partial charge is 0.115 e. The average molecular weight is 171 g/mol. The third kappa shape index (κ3) is 0.868. The molecule has 5 nitrogen and oxygen atoms in total. The summed E-state index contributed by atoms with van der Waals surface area (Å²) < 4.78 is 0. The van der Waals surface area contributed by atoms with Gasteiger partial charge < -0.3 is 0 Å². The largest absolute Gasteiger partial charge is 0.253 e. The maximum absolute atomic E-state index is 4.17. The lowest BCUT2D eigenvalue weighted by Gasteiger charge is -1.92. The van der Waals surface area contributed by atoms with Crippen LogP contribution < -0.4 is 0 Å². The third-order valence-electron chi connectivity index (χ3n) is 1.91. The molecule has 0 saturated carbocycles. The monoisotopic (exact) mass is 171 g/mol. The highest BCUT2D eigenvalue weighted by Crippen LogP contribution is 2.14. The molecule has 0 saturated heterocycles. The van der Waals surface area contributed by atoms with Crippen molar-refractivity contribution in [2.24, 2.45) is 0 Å². The number of nitrogens with one attached hydrogen (secondary N) is 1. The molecule has 1 N–H and O–H groups in total. The van der Waals surface area contributed by atoms with Crippen LogP contribution in [0.4, 0.5) is 0 Å². The highest BCUT2D eigenvalue weighted by molar-refractivity contribution is 5.89. The zero-order valence-electron chi connectivity index (χ0n) is 6.60. The average Bonchev–Trinajstić information content (AvgIpc) is 2.61. The molecule has 3 rings (SSSR count). The number of H-pyrrole nitrogens is 1. The Labute approximate surface area is 72.8 Å². The molecular weight excluding hydrogens is 166 g/mol. The van der Waals surface area contributed by atoms with Gasteiger partial charge >= 0.3 is 0 Å². The summed E-state index contributed by atoms with van der Waals surface area (Å²) in [5.41, 5.74) is 3.30. The van der Waals surface area contributed by atoms with Crippen molar-refractivity contribution in [3.8, 4) is 0 Å². The summed E-state index contributed by atoms with van der Waals surface area (Å²) in [6.45, 7) is 0. The number of aromatic amines is 1. The molecule has 5 heteroatoms. The fourth-order valence-electron chi connectivity index (χ4n) is 1.30. The maximum atomic E-state index is 4.17. The second-order valence-corrected chi connectivity index (χ2v) is 2.71. The quantitative estimate of drug-likeness (QED) is 0.545. The van der Waals surface area contributed by atoms with Gasteiger partial charge in [0.2, 0.25) is 0 Å². The Morgan fingerprint density at radius 3 is 1.85 bits per heavy atom. The van der Waals surface area contributed by atoms with Crippen molar-refractivity contribution in [1.82, 2.24) is 25.4 Å². The SMILES string of the molecule is c1cnc2cc3n[nH]nc3cc2n1. The van der Waals surface area contributed by atoms with E-state index >= 15 is 0 Å². The van der Waals surface area contributed by atoms with Crippen molar-refractivity contribution in [2.75, 3.05) is 0 Å². The normalized spacial score (nSPS) is 11.1. The van der Waals surface area contributed by atoms with Crippen LogP contribution in [0.2, 0.25) is 0 Å². The number of benzene rings is 1. The van der Waals surface area contributed by atoms with E-state index in [1.165, 1.54) is 0 Å². The van der Waals surface area contributed by atoms with Crippen molar-refractivity contribution in [2.45, 2.75) is 0 Å². The van der Waals surface area contributed by atoms with E-state index in [0.717, 1.165) is 22.1 Å². The molecule has 3 aromatic rings. The molecule has 0 unspecified atom stereocenters. The summed E-state index contributed by atoms with van der Waals surface area (Å²) in [6, 6.07) is 3.72. The summed E-state index contributed by atoms with van der Waals surface area (Å²) in [7, 11) is 0. The van der Waals surface area contributed by atoms with Crippen molar-refractivity contribution in [3.63, 3.8) is 0 Å². The van der Waals surface area contributed by atoms with Crippen molar-refractivity contribution in [3.05, 3.63) is 24.5 Å². The minimum atomic E-state index is 0.813. The van der Waals surface area contributed by atoms with Gasteiger partial charge in [0.15, 0.2) is 0 Å². The number of hydrogen-bond donors (Lipinski definition) is 1. The van der Waals surface area contributed by atoms with Gasteiger partial charge in [-0.1, -0.05) is 0 Å². The highest BCUT2D eigenvalue weighted by Gasteiger charge is 2.01. The third-order valence-corrected chi connectivity index (χ3v) is 1.91. The lowest BCUT2D eigenvalue weighted by Crippen LogP contribution is -1.81. The number of nitrogens with zero attached hydrogens (tertiary/aromatic N) is 4. The molecule has 1 aromatic carbocycles. The van der Waals surface area contributed by atoms with E-state index in [-0.39, 0.29) is 0 Å². The predicted molar refractivity (Wildman–Crippen MR) is 47.0 cm³/mol. The van der Waals surface area contributed by atoms with Gasteiger partial charge in [0.1, 0.15) is 11.0 Å². The first-order valence-electron chi connectivity index (χ1n) is 3.85. The standard InChI is InChI=1S/C8H5N5/c1-2-10-6-4-8-7(11-13-12-8)3-5(6)9-1/h1-4H,(H,11,12,13). The second kappa shape index (κ2) is 2.22. The van der Waals surface area contributed by atoms with Crippen molar-refractivity contribution in [1.29, 1.82) is 0 Å². The summed E-state index contributed by atoms with van der Waals surface area (Å²) >= 11 is 0. The molecule has 0 amide bonds. The first-order chi connectivity index (χ1) is 6.43. The van der Waals surface area contributed by atoms with Gasteiger partial charge in [0, 0.05) is 12.4 Å². The van der Waals surface area contributed by atoms with E-state index in [4.69, 9.17) is 0 Å². The van der Waals surface area contributed by atoms with E-state index in [0.29, 0.717) is 0 Å². The van der Waals surface area contributed by atoms with E-state index < -0.39 is 0 Å². The molecule has 0 aliphatic carbocycles. The van der Waals surface area contributed by atoms with Gasteiger partial charge in [0.05, 0.1) is 11.0 Å². The van der Waals surface area contributed by atoms with E-state index in [2.05, 4.69) is 25.4 Å². The van der Waals surface area contributed by atoms with Crippen LogP contribution in [-0.2, 0) is 0 Å². The Hall–Kier alpha value is -2.04. The zero-order chi connectivity index (χ0) is 8.67. The Bertz CT molecular complexity index is 521. The van der Waals surface area contributed by atoms with E-state index in [1.54, 1.807) is 12.4 Å². The highest BCUT2D eigenvalue weighted by atomic mass is 15.3. The molecule has 0 spiro atoms. The van der Waals surface area contributed by atoms with E-state index in [9.17, 15) is 0 Å². The van der Waals surface area contributed by atoms with Crippen LogP contribution in [-0.4, -0.2) is 25.4 Å². The van der Waals surface area contributed by atoms with Crippen LogP contribution in [0.25, 0.3) is 22.1 Å². The fraction of sp³-hybridized carbons (Fsp3) is 0. The maximum Gasteiger partial charge on any atom is 0.115 e. The van der Waals surface area contributed by atoms with Gasteiger partial charge in [-0.25, -0.2) is 0 Å². The molecule has 0 aliphatic heterocycles. The number of rotatable bonds is 0. The van der Waals surface area contributed by atoms with Gasteiger partial charge in [-0.3, -0.25) is 9.97 Å². The Morgan fingerprint density at radius 1 is 0.769 bits per heavy atom. The summed E-state index contributed by atoms with van der Waals surface area (Å²) in [6.07, 6.45) is 3.32. The molecule has 0 fully saturated rings. The van der Waals surface area contributed by atoms with Crippen LogP contribution in [0.5, 0.6) is 0 Å². The lowest BCUT2D eigenvalue weighted by molar-refractivity contribution is 0.959. The van der Waals surface area contributed by atoms with Crippen molar-refractivity contribution >= 4 is 22.1 Å². The Balaban J connectivity index is 2.57. The molecule has 0 aliphatic rings. The number of aromatic nitrogens is 5. The van der Waals surface area contributed by atoms with Crippen LogP contribution >= 0.6 is 0 Å². The Kier molecular flexibility index (Phi) is 1.11. The number of fused-ring (bicyclic) bond motifs is 2. The molecule has 13 heavy (non-hydrogen) atoms. The topological polar surface area (TPSA) is 67.3 Å². The fourth-order valence-corrected chi connectivity index (χ4v) is 1.30. The molecule has 62 valence electrons. The summed E-state index contributed by atoms with van der Waals surface area (Å²) in [4.78, 5) is 8.33. The first kappa shape index (κ1) is 6.47. The minimum Gasteiger partial charge on any atom is -0.253 e. The van der Waals surface area contributed by atoms with Crippen LogP contribution in [0.3, 0.4) is 0 Å². The molecule has 0 bridgehead atoms. The second-order valence-electron chi connectivity index (χ2n) is 2.71. The van der Waals surface area contributed by atoms with Crippen LogP contribution in [0.15, 0.2) is 24.5 Å². The molecule has 0 atom stereocenters. The summed E-state index contributed by atoms with van der Waals surface area (Å²) in [5.74, 6) is 0. The number of hydrogen-bond acceptors (Lipinski definition) is 4. The molecule has 0 radical (unpaired) electrons. The van der Waals surface area contributed by atoms with Crippen molar-refractivity contribution < 1.29 is 0 Å². The molecule has 2 aromatic heterocycles. The lowest BCUT2D eigenvalue weighted by atomic mass is 10.2. The Morgan fingerprint density at radius 2 is 1.31 bits per heavy atom. The van der Waals surface area contributed by atoms with Crippen LogP contribution in [0, 0.1) is 0 Å². The van der Waals surface area contributed by atoms with Crippen LogP contribution in [0.1, 0.15) is 0 Å². The first-order valence-corrected chi connectivity index (χ1v) is 3.85. The van der Waals surface area contributed by atoms with Gasteiger partial charge in [-0.05, 0) is 12.1 Å². The van der Waals surface area contributed by atoms with Gasteiger partial charge in [-0.15, -0.1) is 0 Å². The minimum absolute atomic E-state index is 0.813. The van der Waals surface area contributed by atoms with Gasteiger partial charge in [0.25, 0.3) is 0 Å². The zero-order valence-corrected chi connectivity index (χ0v) is 6.60. The van der Waals surface area contributed by atoms with E-state index in [1.807, 2.05) is 12.1 Å². The molecular formula is C8H5N5. The molecule has 2 heterocycles. The summed E-state index contributed by atoms with van der Waals surface area (Å²) in [5, 5.41) is 10.5. The predicted octanol–water partition coefficient (Wildman–Crippen LogP) is 0.901.